The Balaban J connectivity index is 2.29. The fourth-order valence-electron chi connectivity index (χ4n) is 1.31. The molecule has 0 fully saturated rings. The summed E-state index contributed by atoms with van der Waals surface area (Å²) in [6.45, 7) is 2.21. The summed E-state index contributed by atoms with van der Waals surface area (Å²) < 4.78 is 23.9. The number of rotatable bonds is 5. The van der Waals surface area contributed by atoms with Crippen molar-refractivity contribution in [2.45, 2.75) is 6.92 Å². The van der Waals surface area contributed by atoms with Gasteiger partial charge in [0.2, 0.25) is 5.95 Å². The van der Waals surface area contributed by atoms with E-state index >= 15 is 0 Å². The maximum atomic E-state index is 13.5. The lowest BCUT2D eigenvalue weighted by Crippen LogP contribution is -2.05. The topological polar surface area (TPSA) is 69.2 Å². The number of anilines is 1. The lowest BCUT2D eigenvalue weighted by atomic mass is 10.3. The van der Waals surface area contributed by atoms with Crippen molar-refractivity contribution < 1.29 is 13.9 Å². The molecule has 0 aliphatic rings. The summed E-state index contributed by atoms with van der Waals surface area (Å²) in [6.07, 6.45) is 0. The van der Waals surface area contributed by atoms with E-state index in [0.717, 1.165) is 0 Å². The summed E-state index contributed by atoms with van der Waals surface area (Å²) >= 11 is 0. The predicted octanol–water partition coefficient (Wildman–Crippen LogP) is 2.24. The lowest BCUT2D eigenvalue weighted by Gasteiger charge is -2.08. The Hall–Kier alpha value is -2.44. The molecule has 2 rings (SSSR count). The fraction of sp³-hybridized carbons (Fsp3) is 0.250. The van der Waals surface area contributed by atoms with Crippen LogP contribution in [-0.4, -0.2) is 28.6 Å². The molecule has 0 atom stereocenters. The largest absolute Gasteiger partial charge is 0.464 e. The quantitative estimate of drug-likeness (QED) is 0.893. The molecular formula is C12H13FN4O2. The first kappa shape index (κ1) is 13.0. The number of nitrogens with one attached hydrogen (secondary N) is 1. The maximum absolute atomic E-state index is 13.5. The zero-order valence-electron chi connectivity index (χ0n) is 10.6. The van der Waals surface area contributed by atoms with Crippen LogP contribution in [0, 0.1) is 5.82 Å². The van der Waals surface area contributed by atoms with Gasteiger partial charge in [-0.3, -0.25) is 0 Å². The first-order valence-corrected chi connectivity index (χ1v) is 5.72. The van der Waals surface area contributed by atoms with Crippen LogP contribution in [-0.2, 0) is 0 Å². The van der Waals surface area contributed by atoms with Crippen molar-refractivity contribution in [3.63, 3.8) is 0 Å². The summed E-state index contributed by atoms with van der Waals surface area (Å²) in [5, 5.41) is 2.75. The average Bonchev–Trinajstić information content (AvgIpc) is 2.41. The average molecular weight is 264 g/mol. The molecule has 100 valence electrons. The number of halogens is 1. The summed E-state index contributed by atoms with van der Waals surface area (Å²) in [4.78, 5) is 11.9. The first-order chi connectivity index (χ1) is 9.22. The van der Waals surface area contributed by atoms with Crippen LogP contribution >= 0.6 is 0 Å². The number of aromatic nitrogens is 3. The van der Waals surface area contributed by atoms with Crippen LogP contribution in [0.2, 0.25) is 0 Å². The number of hydrogen-bond acceptors (Lipinski definition) is 6. The van der Waals surface area contributed by atoms with E-state index in [-0.39, 0.29) is 23.7 Å². The van der Waals surface area contributed by atoms with E-state index in [9.17, 15) is 4.39 Å². The highest BCUT2D eigenvalue weighted by Crippen LogP contribution is 2.22. The molecule has 1 aromatic heterocycles. The minimum atomic E-state index is -0.494. The Morgan fingerprint density at radius 3 is 2.58 bits per heavy atom. The van der Waals surface area contributed by atoms with Gasteiger partial charge in [0.1, 0.15) is 0 Å². The standard InChI is InChI=1S/C12H13FN4O2/c1-3-18-11-15-10(14-2)16-12(17-11)19-9-7-5-4-6-8(9)13/h4-7H,3H2,1-2H3,(H,14,15,16,17). The molecule has 0 amide bonds. The highest BCUT2D eigenvalue weighted by atomic mass is 19.1. The summed E-state index contributed by atoms with van der Waals surface area (Å²) in [7, 11) is 1.65. The molecular weight excluding hydrogens is 251 g/mol. The molecule has 0 unspecified atom stereocenters. The zero-order chi connectivity index (χ0) is 13.7. The van der Waals surface area contributed by atoms with Gasteiger partial charge in [-0.25, -0.2) is 4.39 Å². The van der Waals surface area contributed by atoms with E-state index in [4.69, 9.17) is 9.47 Å². The molecule has 0 aliphatic heterocycles. The third kappa shape index (κ3) is 3.27. The zero-order valence-corrected chi connectivity index (χ0v) is 10.6. The van der Waals surface area contributed by atoms with E-state index in [1.807, 2.05) is 0 Å². The smallest absolute Gasteiger partial charge is 0.330 e. The first-order valence-electron chi connectivity index (χ1n) is 5.72. The van der Waals surface area contributed by atoms with Crippen LogP contribution in [0.15, 0.2) is 24.3 Å². The van der Waals surface area contributed by atoms with Crippen LogP contribution in [0.3, 0.4) is 0 Å². The Bertz CT molecular complexity index is 565. The van der Waals surface area contributed by atoms with Crippen LogP contribution in [0.5, 0.6) is 17.8 Å². The minimum Gasteiger partial charge on any atom is -0.464 e. The van der Waals surface area contributed by atoms with Crippen molar-refractivity contribution in [2.75, 3.05) is 19.0 Å². The number of hydrogen-bond donors (Lipinski definition) is 1. The van der Waals surface area contributed by atoms with Crippen molar-refractivity contribution in [2.24, 2.45) is 0 Å². The second-order valence-corrected chi connectivity index (χ2v) is 3.44. The van der Waals surface area contributed by atoms with Crippen LogP contribution in [0.1, 0.15) is 6.92 Å². The second kappa shape index (κ2) is 5.94. The van der Waals surface area contributed by atoms with Crippen molar-refractivity contribution in [1.82, 2.24) is 15.0 Å². The molecule has 1 heterocycles. The molecule has 0 aliphatic carbocycles. The molecule has 0 saturated carbocycles. The Morgan fingerprint density at radius 1 is 1.16 bits per heavy atom. The summed E-state index contributed by atoms with van der Waals surface area (Å²) in [5.74, 6) is -0.171. The molecule has 7 heteroatoms. The summed E-state index contributed by atoms with van der Waals surface area (Å²) in [5.41, 5.74) is 0. The Morgan fingerprint density at radius 2 is 1.89 bits per heavy atom. The molecule has 0 bridgehead atoms. The van der Waals surface area contributed by atoms with Crippen molar-refractivity contribution in [1.29, 1.82) is 0 Å². The van der Waals surface area contributed by atoms with Gasteiger partial charge in [0, 0.05) is 7.05 Å². The van der Waals surface area contributed by atoms with Gasteiger partial charge in [-0.1, -0.05) is 12.1 Å². The SMILES string of the molecule is CCOc1nc(NC)nc(Oc2ccccc2F)n1. The molecule has 0 spiro atoms. The molecule has 1 aromatic carbocycles. The third-order valence-electron chi connectivity index (χ3n) is 2.13. The van der Waals surface area contributed by atoms with Crippen LogP contribution < -0.4 is 14.8 Å². The van der Waals surface area contributed by atoms with Gasteiger partial charge in [-0.05, 0) is 19.1 Å². The monoisotopic (exact) mass is 264 g/mol. The number of benzene rings is 1. The summed E-state index contributed by atoms with van der Waals surface area (Å²) in [6, 6.07) is 6.08. The Labute approximate surface area is 109 Å². The van der Waals surface area contributed by atoms with E-state index in [1.165, 1.54) is 12.1 Å². The Kier molecular flexibility index (Phi) is 4.07. The third-order valence-corrected chi connectivity index (χ3v) is 2.13. The van der Waals surface area contributed by atoms with Gasteiger partial charge in [0.25, 0.3) is 0 Å². The highest BCUT2D eigenvalue weighted by molar-refractivity contribution is 5.30. The minimum absolute atomic E-state index is 0.0344. The fourth-order valence-corrected chi connectivity index (χ4v) is 1.31. The lowest BCUT2D eigenvalue weighted by molar-refractivity contribution is 0.302. The number of nitrogens with zero attached hydrogens (tertiary/aromatic N) is 3. The van der Waals surface area contributed by atoms with Gasteiger partial charge in [0.15, 0.2) is 11.6 Å². The van der Waals surface area contributed by atoms with Crippen LogP contribution in [0.4, 0.5) is 10.3 Å². The normalized spacial score (nSPS) is 10.1. The van der Waals surface area contributed by atoms with E-state index in [0.29, 0.717) is 6.61 Å². The van der Waals surface area contributed by atoms with Gasteiger partial charge >= 0.3 is 12.0 Å². The van der Waals surface area contributed by atoms with E-state index < -0.39 is 5.82 Å². The van der Waals surface area contributed by atoms with Crippen molar-refractivity contribution in [3.05, 3.63) is 30.1 Å². The molecule has 0 saturated heterocycles. The van der Waals surface area contributed by atoms with Crippen molar-refractivity contribution in [3.8, 4) is 17.8 Å². The van der Waals surface area contributed by atoms with Gasteiger partial charge in [-0.15, -0.1) is 4.98 Å². The molecule has 0 radical (unpaired) electrons. The van der Waals surface area contributed by atoms with Gasteiger partial charge < -0.3 is 14.8 Å². The maximum Gasteiger partial charge on any atom is 0.330 e. The molecule has 2 aromatic rings. The van der Waals surface area contributed by atoms with Gasteiger partial charge in [-0.2, -0.15) is 9.97 Å². The number of ether oxygens (including phenoxy) is 2. The van der Waals surface area contributed by atoms with E-state index in [1.54, 1.807) is 26.1 Å². The molecule has 19 heavy (non-hydrogen) atoms. The predicted molar refractivity (Wildman–Crippen MR) is 67.0 cm³/mol. The van der Waals surface area contributed by atoms with Crippen molar-refractivity contribution >= 4 is 5.95 Å². The molecule has 1 N–H and O–H groups in total. The van der Waals surface area contributed by atoms with Crippen LogP contribution in [0.25, 0.3) is 0 Å². The van der Waals surface area contributed by atoms with Gasteiger partial charge in [0.05, 0.1) is 6.61 Å². The second-order valence-electron chi connectivity index (χ2n) is 3.44. The number of para-hydroxylation sites is 1. The van der Waals surface area contributed by atoms with E-state index in [2.05, 4.69) is 20.3 Å². The highest BCUT2D eigenvalue weighted by Gasteiger charge is 2.10. The molecule has 6 nitrogen and oxygen atoms in total.